The average molecular weight is 1220 g/mol. The second-order valence-electron chi connectivity index (χ2n) is 23.4. The van der Waals surface area contributed by atoms with E-state index in [2.05, 4.69) is 312 Å². The number of aromatic nitrogens is 2. The van der Waals surface area contributed by atoms with Crippen LogP contribution in [0.25, 0.3) is 180 Å². The first kappa shape index (κ1) is 51.6. The molecular formula is C84H50N2S4. The minimum absolute atomic E-state index is 1.19. The van der Waals surface area contributed by atoms with Crippen molar-refractivity contribution in [2.75, 3.05) is 0 Å². The van der Waals surface area contributed by atoms with Crippen LogP contribution in [0.3, 0.4) is 0 Å². The highest BCUT2D eigenvalue weighted by molar-refractivity contribution is 7.28. The lowest BCUT2D eigenvalue weighted by Gasteiger charge is -2.10. The Bertz CT molecular complexity index is 6280. The predicted octanol–water partition coefficient (Wildman–Crippen LogP) is 25.7. The first-order valence-electron chi connectivity index (χ1n) is 30.5. The summed E-state index contributed by atoms with van der Waals surface area (Å²) in [6.45, 7) is 0. The topological polar surface area (TPSA) is 9.86 Å². The molecule has 0 N–H and O–H groups in total. The van der Waals surface area contributed by atoms with Gasteiger partial charge in [0.25, 0.3) is 0 Å². The average Bonchev–Trinajstić information content (AvgIpc) is 1.60. The fourth-order valence-electron chi connectivity index (χ4n) is 14.2. The lowest BCUT2D eigenvalue weighted by Crippen LogP contribution is -1.92. The highest BCUT2D eigenvalue weighted by Gasteiger charge is 2.22. The molecule has 90 heavy (non-hydrogen) atoms. The third-order valence-corrected chi connectivity index (χ3v) is 23.1. The van der Waals surface area contributed by atoms with Crippen LogP contribution >= 0.6 is 45.3 Å². The van der Waals surface area contributed by atoms with Gasteiger partial charge in [0.05, 0.1) is 31.5 Å². The number of thiophene rings is 4. The van der Waals surface area contributed by atoms with Crippen LogP contribution < -0.4 is 0 Å². The van der Waals surface area contributed by atoms with Crippen molar-refractivity contribution >= 4 is 170 Å². The molecule has 6 heteroatoms. The van der Waals surface area contributed by atoms with Crippen molar-refractivity contribution in [3.05, 3.63) is 303 Å². The predicted molar refractivity (Wildman–Crippen MR) is 395 cm³/mol. The van der Waals surface area contributed by atoms with Crippen LogP contribution in [0, 0.1) is 0 Å². The van der Waals surface area contributed by atoms with Gasteiger partial charge in [-0.25, -0.2) is 0 Å². The molecule has 20 rings (SSSR count). The van der Waals surface area contributed by atoms with E-state index in [-0.39, 0.29) is 0 Å². The number of fused-ring (bicyclic) bond motifs is 19. The normalized spacial score (nSPS) is 12.0. The number of nitrogens with zero attached hydrogens (tertiary/aromatic N) is 2. The number of hydrogen-bond acceptors (Lipinski definition) is 4. The second kappa shape index (κ2) is 20.6. The van der Waals surface area contributed by atoms with E-state index in [9.17, 15) is 0 Å². The Morgan fingerprint density at radius 2 is 0.644 bits per heavy atom. The molecule has 0 aliphatic carbocycles. The molecule has 0 saturated carbocycles. The second-order valence-corrected chi connectivity index (χ2v) is 27.7. The van der Waals surface area contributed by atoms with Crippen LogP contribution in [-0.2, 0) is 0 Å². The molecule has 0 aliphatic rings. The Kier molecular flexibility index (Phi) is 11.8. The number of hydrogen-bond donors (Lipinski definition) is 0. The quantitative estimate of drug-likeness (QED) is 0.157. The third-order valence-electron chi connectivity index (χ3n) is 18.3. The third kappa shape index (κ3) is 8.12. The van der Waals surface area contributed by atoms with Gasteiger partial charge in [-0.2, -0.15) is 0 Å². The van der Waals surface area contributed by atoms with Gasteiger partial charge < -0.3 is 9.13 Å². The molecule has 6 heterocycles. The van der Waals surface area contributed by atoms with Crippen molar-refractivity contribution < 1.29 is 0 Å². The molecule has 0 saturated heterocycles. The molecule has 20 aromatic rings. The van der Waals surface area contributed by atoms with E-state index < -0.39 is 0 Å². The summed E-state index contributed by atoms with van der Waals surface area (Å²) < 4.78 is 15.6. The van der Waals surface area contributed by atoms with Crippen LogP contribution in [-0.4, -0.2) is 9.13 Å². The van der Waals surface area contributed by atoms with Gasteiger partial charge in [0.2, 0.25) is 0 Å². The van der Waals surface area contributed by atoms with Gasteiger partial charge >= 0.3 is 0 Å². The molecule has 0 amide bonds. The van der Waals surface area contributed by atoms with E-state index in [1.54, 1.807) is 0 Å². The summed E-state index contributed by atoms with van der Waals surface area (Å²) in [5.74, 6) is 0. The van der Waals surface area contributed by atoms with Crippen LogP contribution in [0.5, 0.6) is 0 Å². The van der Waals surface area contributed by atoms with E-state index >= 15 is 0 Å². The number of rotatable bonds is 6. The summed E-state index contributed by atoms with van der Waals surface area (Å²) in [6.07, 6.45) is 0. The molecule has 0 atom stereocenters. The van der Waals surface area contributed by atoms with Gasteiger partial charge in [0.15, 0.2) is 0 Å². The maximum absolute atomic E-state index is 2.44. The summed E-state index contributed by atoms with van der Waals surface area (Å²) in [6, 6.07) is 111. The van der Waals surface area contributed by atoms with Crippen LogP contribution in [0.4, 0.5) is 0 Å². The Morgan fingerprint density at radius 1 is 0.211 bits per heavy atom. The lowest BCUT2D eigenvalue weighted by molar-refractivity contribution is 1.19. The van der Waals surface area contributed by atoms with Crippen molar-refractivity contribution in [2.45, 2.75) is 0 Å². The van der Waals surface area contributed by atoms with E-state index in [4.69, 9.17) is 0 Å². The Balaban J connectivity index is 0.000000130. The van der Waals surface area contributed by atoms with Crippen molar-refractivity contribution in [1.29, 1.82) is 0 Å². The zero-order valence-electron chi connectivity index (χ0n) is 48.4. The monoisotopic (exact) mass is 1210 g/mol. The summed E-state index contributed by atoms with van der Waals surface area (Å²) >= 11 is 7.61. The fraction of sp³-hybridized carbons (Fsp3) is 0. The van der Waals surface area contributed by atoms with Gasteiger partial charge in [-0.3, -0.25) is 0 Å². The first-order valence-corrected chi connectivity index (χ1v) is 33.8. The SMILES string of the molecule is c1ccc(-n2c3ccccc3c3sc4c(-c5cccc(-c6ccc7c(c6)sc6cc8ccccc8cc67)c5)cccc4c32)cc1.c1ccc(-n2c3ccccc3c3sc4c(-c5cccc(-c6ccc7c(c6)sc6ccc8ccccc8c67)c5)cccc4c32)cc1. The van der Waals surface area contributed by atoms with Crippen molar-refractivity contribution in [3.63, 3.8) is 0 Å². The van der Waals surface area contributed by atoms with Crippen LogP contribution in [0.2, 0.25) is 0 Å². The lowest BCUT2D eigenvalue weighted by atomic mass is 9.97. The Hall–Kier alpha value is -10.4. The van der Waals surface area contributed by atoms with Gasteiger partial charge in [0.1, 0.15) is 0 Å². The summed E-state index contributed by atoms with van der Waals surface area (Å²) in [4.78, 5) is 0. The Morgan fingerprint density at radius 3 is 1.23 bits per heavy atom. The van der Waals surface area contributed by atoms with Crippen molar-refractivity contribution in [1.82, 2.24) is 9.13 Å². The summed E-state index contributed by atoms with van der Waals surface area (Å²) in [5.41, 5.74) is 17.6. The highest BCUT2D eigenvalue weighted by Crippen LogP contribution is 2.49. The van der Waals surface area contributed by atoms with E-state index in [0.29, 0.717) is 0 Å². The molecule has 0 radical (unpaired) electrons. The van der Waals surface area contributed by atoms with E-state index in [1.165, 1.54) is 180 Å². The van der Waals surface area contributed by atoms with Crippen LogP contribution in [0.15, 0.2) is 303 Å². The smallest absolute Gasteiger partial charge is 0.0727 e. The molecule has 14 aromatic carbocycles. The number of para-hydroxylation sites is 4. The standard InChI is InChI=1S/2C42H25NS2/c1-2-13-30(14-3-1)43-36-19-7-6-16-33(36)42-40(43)35-18-9-17-32(41(35)45-42)29-12-8-11-27(24-29)28-20-22-34-38(25-28)44-37-23-21-26-10-4-5-15-31(26)39(34)37;1-2-14-31(15-3-1)43-37-19-7-6-16-34(37)42-40(43)35-18-9-17-32(41(35)45-42)30-13-8-12-26(22-30)29-20-21-33-36-23-27-10-4-5-11-28(27)24-39(36)44-38(33)25-29/h2*1-25H. The molecule has 0 fully saturated rings. The van der Waals surface area contributed by atoms with E-state index in [0.717, 1.165) is 0 Å². The fourth-order valence-corrected chi connectivity index (χ4v) is 19.3. The minimum atomic E-state index is 1.19. The zero-order valence-corrected chi connectivity index (χ0v) is 51.7. The number of benzene rings is 14. The van der Waals surface area contributed by atoms with Gasteiger partial charge in [0, 0.05) is 82.7 Å². The molecule has 0 spiro atoms. The zero-order chi connectivity index (χ0) is 59.0. The van der Waals surface area contributed by atoms with Gasteiger partial charge in [-0.1, -0.05) is 224 Å². The molecule has 0 bridgehead atoms. The van der Waals surface area contributed by atoms with Crippen LogP contribution in [0.1, 0.15) is 0 Å². The first-order chi connectivity index (χ1) is 44.6. The molecule has 0 unspecified atom stereocenters. The molecule has 2 nitrogen and oxygen atoms in total. The van der Waals surface area contributed by atoms with Gasteiger partial charge in [-0.05, 0) is 145 Å². The largest absolute Gasteiger partial charge is 0.308 e. The maximum Gasteiger partial charge on any atom is 0.0727 e. The van der Waals surface area contributed by atoms with Crippen molar-refractivity contribution in [3.8, 4) is 55.9 Å². The van der Waals surface area contributed by atoms with Gasteiger partial charge in [-0.15, -0.1) is 45.3 Å². The molecule has 6 aromatic heterocycles. The molecule has 0 aliphatic heterocycles. The maximum atomic E-state index is 2.44. The molecule has 420 valence electrons. The molecular weight excluding hydrogens is 1170 g/mol. The van der Waals surface area contributed by atoms with Crippen molar-refractivity contribution in [2.24, 2.45) is 0 Å². The van der Waals surface area contributed by atoms with E-state index in [1.807, 2.05) is 45.3 Å². The summed E-state index contributed by atoms with van der Waals surface area (Å²) in [7, 11) is 0. The highest BCUT2D eigenvalue weighted by atomic mass is 32.1. The summed E-state index contributed by atoms with van der Waals surface area (Å²) in [5, 5.41) is 15.8. The Labute approximate surface area is 533 Å². The minimum Gasteiger partial charge on any atom is -0.308 e.